The Hall–Kier alpha value is -3.86. The zero-order valence-corrected chi connectivity index (χ0v) is 25.8. The maximum atomic E-state index is 13.8. The van der Waals surface area contributed by atoms with Gasteiger partial charge in [-0.3, -0.25) is 14.7 Å². The molecule has 2 unspecified atom stereocenters. The summed E-state index contributed by atoms with van der Waals surface area (Å²) in [7, 11) is 4.97. The Balaban J connectivity index is 1.57. The number of benzene rings is 1. The number of carbonyl (C=O) groups is 1. The van der Waals surface area contributed by atoms with Crippen molar-refractivity contribution in [2.75, 3.05) is 32.8 Å². The lowest BCUT2D eigenvalue weighted by Gasteiger charge is -2.27. The summed E-state index contributed by atoms with van der Waals surface area (Å²) in [6.07, 6.45) is 4.81. The molecule has 1 saturated heterocycles. The zero-order chi connectivity index (χ0) is 30.3. The number of nitrogens with zero attached hydrogens (tertiary/aromatic N) is 3. The molecule has 3 aromatic rings. The van der Waals surface area contributed by atoms with E-state index in [0.29, 0.717) is 41.9 Å². The molecule has 5 rings (SSSR count). The SMILES string of the molecule is COc1cc(OC)c(C)c(-c2cc3c[n+](C4CCC4)c(NC4COCC4NC(=O)OC(C)(C)C)nc3n(C)c2=O)c1C. The molecule has 1 aromatic carbocycles. The first kappa shape index (κ1) is 29.6. The second-order valence-corrected chi connectivity index (χ2v) is 12.2. The Morgan fingerprint density at radius 3 is 2.29 bits per heavy atom. The Bertz CT molecular complexity index is 1540. The van der Waals surface area contributed by atoms with Crippen LogP contribution in [-0.4, -0.2) is 60.8 Å². The maximum absolute atomic E-state index is 13.8. The van der Waals surface area contributed by atoms with Gasteiger partial charge in [-0.25, -0.2) is 9.36 Å². The minimum atomic E-state index is -0.601. The summed E-state index contributed by atoms with van der Waals surface area (Å²) in [4.78, 5) is 31.3. The number of hydrogen-bond acceptors (Lipinski definition) is 8. The second-order valence-electron chi connectivity index (χ2n) is 12.2. The Labute approximate surface area is 246 Å². The number of fused-ring (bicyclic) bond motifs is 1. The van der Waals surface area contributed by atoms with Crippen molar-refractivity contribution >= 4 is 23.1 Å². The highest BCUT2D eigenvalue weighted by Gasteiger charge is 2.37. The smallest absolute Gasteiger partial charge is 0.408 e. The summed E-state index contributed by atoms with van der Waals surface area (Å²) < 4.78 is 26.2. The molecular formula is C31H42N5O6+. The molecule has 1 aliphatic heterocycles. The fourth-order valence-corrected chi connectivity index (χ4v) is 5.74. The molecule has 0 radical (unpaired) electrons. The van der Waals surface area contributed by atoms with E-state index in [9.17, 15) is 9.59 Å². The van der Waals surface area contributed by atoms with Crippen LogP contribution in [0.3, 0.4) is 0 Å². The van der Waals surface area contributed by atoms with Gasteiger partial charge in [0.05, 0.1) is 51.1 Å². The average molecular weight is 581 g/mol. The number of carbonyl (C=O) groups excluding carboxylic acids is 1. The van der Waals surface area contributed by atoms with Crippen LogP contribution in [0.1, 0.15) is 57.2 Å². The van der Waals surface area contributed by atoms with Gasteiger partial charge in [0, 0.05) is 24.2 Å². The summed E-state index contributed by atoms with van der Waals surface area (Å²) in [6, 6.07) is 3.53. The number of aryl methyl sites for hydroxylation is 1. The lowest BCUT2D eigenvalue weighted by molar-refractivity contribution is -0.721. The predicted octanol–water partition coefficient (Wildman–Crippen LogP) is 3.95. The van der Waals surface area contributed by atoms with Crippen molar-refractivity contribution in [1.29, 1.82) is 0 Å². The molecule has 2 aromatic heterocycles. The molecule has 1 aliphatic carbocycles. The number of ether oxygens (including phenoxy) is 4. The van der Waals surface area contributed by atoms with E-state index in [-0.39, 0.29) is 23.7 Å². The molecule has 11 nitrogen and oxygen atoms in total. The van der Waals surface area contributed by atoms with Crippen molar-refractivity contribution in [2.24, 2.45) is 7.05 Å². The van der Waals surface area contributed by atoms with Crippen LogP contribution in [0.5, 0.6) is 11.5 Å². The van der Waals surface area contributed by atoms with Crippen molar-refractivity contribution in [3.63, 3.8) is 0 Å². The van der Waals surface area contributed by atoms with Crippen molar-refractivity contribution in [2.45, 2.75) is 77.6 Å². The van der Waals surface area contributed by atoms with E-state index in [1.807, 2.05) is 46.8 Å². The number of alkyl carbamates (subject to hydrolysis) is 1. The number of amides is 1. The van der Waals surface area contributed by atoms with Crippen LogP contribution in [0.25, 0.3) is 22.2 Å². The van der Waals surface area contributed by atoms with E-state index in [1.165, 1.54) is 0 Å². The van der Waals surface area contributed by atoms with Gasteiger partial charge < -0.3 is 24.3 Å². The molecule has 0 spiro atoms. The molecule has 2 fully saturated rings. The maximum Gasteiger partial charge on any atom is 0.408 e. The fourth-order valence-electron chi connectivity index (χ4n) is 5.74. The number of aromatic nitrogens is 3. The molecule has 0 bridgehead atoms. The van der Waals surface area contributed by atoms with E-state index in [0.717, 1.165) is 41.3 Å². The first-order valence-corrected chi connectivity index (χ1v) is 14.4. The van der Waals surface area contributed by atoms with E-state index in [2.05, 4.69) is 21.4 Å². The number of methoxy groups -OCH3 is 2. The quantitative estimate of drug-likeness (QED) is 0.404. The van der Waals surface area contributed by atoms with Gasteiger partial charge in [0.2, 0.25) is 5.65 Å². The predicted molar refractivity (Wildman–Crippen MR) is 159 cm³/mol. The molecule has 3 heterocycles. The molecule has 42 heavy (non-hydrogen) atoms. The molecule has 2 N–H and O–H groups in total. The number of nitrogens with one attached hydrogen (secondary N) is 2. The summed E-state index contributed by atoms with van der Waals surface area (Å²) in [5.41, 5.74) is 2.89. The van der Waals surface area contributed by atoms with Crippen LogP contribution < -0.4 is 30.2 Å². The topological polar surface area (TPSA) is 117 Å². The van der Waals surface area contributed by atoms with Crippen LogP contribution in [0, 0.1) is 13.8 Å². The van der Waals surface area contributed by atoms with Crippen molar-refractivity contribution in [3.05, 3.63) is 39.8 Å². The lowest BCUT2D eigenvalue weighted by atomic mass is 9.92. The number of anilines is 1. The molecule has 1 saturated carbocycles. The first-order valence-electron chi connectivity index (χ1n) is 14.4. The van der Waals surface area contributed by atoms with Gasteiger partial charge in [-0.2, -0.15) is 0 Å². The highest BCUT2D eigenvalue weighted by molar-refractivity contribution is 5.84. The average Bonchev–Trinajstić information content (AvgIpc) is 3.31. The Kier molecular flexibility index (Phi) is 8.06. The monoisotopic (exact) mass is 580 g/mol. The van der Waals surface area contributed by atoms with Crippen LogP contribution in [-0.2, 0) is 16.5 Å². The minimum Gasteiger partial charge on any atom is -0.496 e. The number of hydrogen-bond donors (Lipinski definition) is 2. The van der Waals surface area contributed by atoms with Gasteiger partial charge in [-0.15, -0.1) is 0 Å². The minimum absolute atomic E-state index is 0.169. The standard InChI is InChI=1S/C31H41N5O6/c1-17-24(39-7)13-25(40-8)18(2)26(17)21-12-19-14-36(20-10-9-11-20)29(34-27(19)35(6)28(21)37)32-22-15-41-16-23(22)33-30(38)42-31(3,4)5/h12-14,20,22-23H,9-11,15-16H2,1-8H3,(H,33,38)/p+1. The number of pyridine rings is 1. The first-order chi connectivity index (χ1) is 19.9. The number of rotatable bonds is 7. The zero-order valence-electron chi connectivity index (χ0n) is 25.8. The Morgan fingerprint density at radius 1 is 1.07 bits per heavy atom. The highest BCUT2D eigenvalue weighted by atomic mass is 16.6. The largest absolute Gasteiger partial charge is 0.496 e. The van der Waals surface area contributed by atoms with Crippen LogP contribution in [0.15, 0.2) is 23.1 Å². The third-order valence-electron chi connectivity index (χ3n) is 8.17. The highest BCUT2D eigenvalue weighted by Crippen LogP contribution is 2.38. The van der Waals surface area contributed by atoms with Gasteiger partial charge >= 0.3 is 12.0 Å². The van der Waals surface area contributed by atoms with Crippen LogP contribution in [0.4, 0.5) is 10.7 Å². The van der Waals surface area contributed by atoms with E-state index < -0.39 is 11.7 Å². The van der Waals surface area contributed by atoms with Crippen molar-refractivity contribution < 1.29 is 28.3 Å². The second kappa shape index (κ2) is 11.4. The van der Waals surface area contributed by atoms with Crippen LogP contribution in [0.2, 0.25) is 0 Å². The molecule has 1 amide bonds. The van der Waals surface area contributed by atoms with Crippen molar-refractivity contribution in [3.8, 4) is 22.6 Å². The molecular weight excluding hydrogens is 538 g/mol. The van der Waals surface area contributed by atoms with E-state index >= 15 is 0 Å². The summed E-state index contributed by atoms with van der Waals surface area (Å²) in [5, 5.41) is 7.30. The van der Waals surface area contributed by atoms with Gasteiger partial charge in [-0.05, 0) is 71.1 Å². The van der Waals surface area contributed by atoms with Gasteiger partial charge in [0.1, 0.15) is 23.1 Å². The summed E-state index contributed by atoms with van der Waals surface area (Å²) >= 11 is 0. The Morgan fingerprint density at radius 2 is 1.71 bits per heavy atom. The summed E-state index contributed by atoms with van der Waals surface area (Å²) in [6.45, 7) is 10.2. The lowest BCUT2D eigenvalue weighted by Crippen LogP contribution is -2.52. The van der Waals surface area contributed by atoms with Gasteiger partial charge in [-0.1, -0.05) is 4.98 Å². The third kappa shape index (κ3) is 5.62. The normalized spacial score (nSPS) is 19.0. The van der Waals surface area contributed by atoms with Gasteiger partial charge in [0.15, 0.2) is 0 Å². The van der Waals surface area contributed by atoms with E-state index in [4.69, 9.17) is 23.9 Å². The van der Waals surface area contributed by atoms with Crippen LogP contribution >= 0.6 is 0 Å². The molecule has 2 atom stereocenters. The van der Waals surface area contributed by atoms with Crippen molar-refractivity contribution in [1.82, 2.24) is 14.9 Å². The molecule has 11 heteroatoms. The molecule has 2 aliphatic rings. The summed E-state index contributed by atoms with van der Waals surface area (Å²) in [5.74, 6) is 1.95. The fraction of sp³-hybridized carbons (Fsp3) is 0.548. The van der Waals surface area contributed by atoms with E-state index in [1.54, 1.807) is 25.8 Å². The molecule has 226 valence electrons. The van der Waals surface area contributed by atoms with Gasteiger partial charge in [0.25, 0.3) is 5.56 Å². The third-order valence-corrected chi connectivity index (χ3v) is 8.17.